The Labute approximate surface area is 99.3 Å². The normalized spacial score (nSPS) is 13.0. The summed E-state index contributed by atoms with van der Waals surface area (Å²) in [6.45, 7) is 3.06. The molecule has 0 unspecified atom stereocenters. The van der Waals surface area contributed by atoms with E-state index in [1.165, 1.54) is 0 Å². The molecule has 0 atom stereocenters. The van der Waals surface area contributed by atoms with Gasteiger partial charge in [-0.25, -0.2) is 4.79 Å². The Bertz CT molecular complexity index is 622. The number of para-hydroxylation sites is 1. The van der Waals surface area contributed by atoms with Gasteiger partial charge in [-0.15, -0.1) is 0 Å². The van der Waals surface area contributed by atoms with Crippen molar-refractivity contribution in [2.24, 2.45) is 0 Å². The van der Waals surface area contributed by atoms with Crippen molar-refractivity contribution in [2.75, 3.05) is 6.61 Å². The van der Waals surface area contributed by atoms with E-state index >= 15 is 0 Å². The first kappa shape index (κ1) is 10.1. The number of hydrogen-bond acceptors (Lipinski definition) is 2. The van der Waals surface area contributed by atoms with Crippen LogP contribution in [0.5, 0.6) is 0 Å². The first-order valence-electron chi connectivity index (χ1n) is 5.78. The maximum atomic E-state index is 12.0. The van der Waals surface area contributed by atoms with Crippen LogP contribution in [0.25, 0.3) is 17.0 Å². The predicted molar refractivity (Wildman–Crippen MR) is 66.9 cm³/mol. The van der Waals surface area contributed by atoms with E-state index in [4.69, 9.17) is 4.74 Å². The van der Waals surface area contributed by atoms with E-state index in [1.807, 2.05) is 37.3 Å². The average molecular weight is 227 g/mol. The fourth-order valence-corrected chi connectivity index (χ4v) is 2.38. The summed E-state index contributed by atoms with van der Waals surface area (Å²) in [5.41, 5.74) is 2.75. The van der Waals surface area contributed by atoms with Gasteiger partial charge >= 0.3 is 5.97 Å². The molecule has 0 radical (unpaired) electrons. The van der Waals surface area contributed by atoms with Crippen LogP contribution in [0.15, 0.2) is 30.3 Å². The summed E-state index contributed by atoms with van der Waals surface area (Å²) >= 11 is 0. The second-order valence-corrected chi connectivity index (χ2v) is 4.01. The first-order chi connectivity index (χ1) is 8.33. The van der Waals surface area contributed by atoms with Crippen molar-refractivity contribution in [3.8, 4) is 0 Å². The second-order valence-electron chi connectivity index (χ2n) is 4.01. The molecule has 0 N–H and O–H groups in total. The summed E-state index contributed by atoms with van der Waals surface area (Å²) < 4.78 is 7.27. The Hall–Kier alpha value is -2.03. The highest BCUT2D eigenvalue weighted by molar-refractivity contribution is 6.08. The Morgan fingerprint density at radius 3 is 3.06 bits per heavy atom. The number of carbonyl (C=O) groups is 1. The number of allylic oxidation sites excluding steroid dienone is 1. The molecule has 0 amide bonds. The van der Waals surface area contributed by atoms with Crippen LogP contribution in [0.4, 0.5) is 0 Å². The molecule has 3 rings (SSSR count). The Morgan fingerprint density at radius 2 is 2.24 bits per heavy atom. The van der Waals surface area contributed by atoms with Crippen LogP contribution in [-0.2, 0) is 11.3 Å². The van der Waals surface area contributed by atoms with Gasteiger partial charge in [0, 0.05) is 17.4 Å². The fourth-order valence-electron chi connectivity index (χ4n) is 2.38. The number of nitrogens with zero attached hydrogens (tertiary/aromatic N) is 1. The molecule has 3 nitrogen and oxygen atoms in total. The van der Waals surface area contributed by atoms with Crippen molar-refractivity contribution in [1.29, 1.82) is 0 Å². The van der Waals surface area contributed by atoms with Gasteiger partial charge in [-0.2, -0.15) is 0 Å². The number of fused-ring (bicyclic) bond motifs is 3. The van der Waals surface area contributed by atoms with Crippen LogP contribution < -0.4 is 0 Å². The maximum absolute atomic E-state index is 12.0. The highest BCUT2D eigenvalue weighted by atomic mass is 16.5. The van der Waals surface area contributed by atoms with Gasteiger partial charge in [-0.1, -0.05) is 24.3 Å². The van der Waals surface area contributed by atoms with E-state index in [-0.39, 0.29) is 5.97 Å². The van der Waals surface area contributed by atoms with Crippen molar-refractivity contribution < 1.29 is 9.53 Å². The lowest BCUT2D eigenvalue weighted by molar-refractivity contribution is 0.0528. The van der Waals surface area contributed by atoms with Crippen LogP contribution in [0.1, 0.15) is 23.0 Å². The predicted octanol–water partition coefficient (Wildman–Crippen LogP) is 2.84. The van der Waals surface area contributed by atoms with Gasteiger partial charge in [-0.05, 0) is 19.1 Å². The highest BCUT2D eigenvalue weighted by Crippen LogP contribution is 2.30. The number of aromatic nitrogens is 1. The van der Waals surface area contributed by atoms with Crippen molar-refractivity contribution in [3.05, 3.63) is 41.6 Å². The van der Waals surface area contributed by atoms with E-state index in [9.17, 15) is 4.79 Å². The molecule has 1 aromatic carbocycles. The van der Waals surface area contributed by atoms with Crippen LogP contribution in [-0.4, -0.2) is 17.1 Å². The van der Waals surface area contributed by atoms with Crippen LogP contribution >= 0.6 is 0 Å². The number of ether oxygens (including phenoxy) is 1. The molecule has 1 aliphatic rings. The highest BCUT2D eigenvalue weighted by Gasteiger charge is 2.23. The van der Waals surface area contributed by atoms with E-state index < -0.39 is 0 Å². The van der Waals surface area contributed by atoms with Crippen molar-refractivity contribution in [1.82, 2.24) is 4.57 Å². The minimum Gasteiger partial charge on any atom is -0.462 e. The van der Waals surface area contributed by atoms with Gasteiger partial charge in [-0.3, -0.25) is 0 Å². The third-order valence-electron chi connectivity index (χ3n) is 3.05. The molecule has 0 bridgehead atoms. The maximum Gasteiger partial charge on any atom is 0.340 e. The lowest BCUT2D eigenvalue weighted by Crippen LogP contribution is -2.06. The zero-order valence-corrected chi connectivity index (χ0v) is 9.64. The zero-order chi connectivity index (χ0) is 11.8. The quantitative estimate of drug-likeness (QED) is 0.739. The number of hydrogen-bond donors (Lipinski definition) is 0. The van der Waals surface area contributed by atoms with Gasteiger partial charge in [0.15, 0.2) is 0 Å². The SMILES string of the molecule is CCOC(=O)c1c2n(c3ccccc13)CC=C2. The molecular formula is C14H13NO2. The van der Waals surface area contributed by atoms with Gasteiger partial charge in [0.1, 0.15) is 0 Å². The fraction of sp³-hybridized carbons (Fsp3) is 0.214. The summed E-state index contributed by atoms with van der Waals surface area (Å²) in [4.78, 5) is 12.0. The molecule has 17 heavy (non-hydrogen) atoms. The molecule has 0 fully saturated rings. The van der Waals surface area contributed by atoms with Gasteiger partial charge in [0.2, 0.25) is 0 Å². The minimum absolute atomic E-state index is 0.232. The van der Waals surface area contributed by atoms with Crippen LogP contribution in [0.2, 0.25) is 0 Å². The molecule has 3 heteroatoms. The van der Waals surface area contributed by atoms with Crippen LogP contribution in [0, 0.1) is 0 Å². The van der Waals surface area contributed by atoms with E-state index in [2.05, 4.69) is 10.6 Å². The van der Waals surface area contributed by atoms with E-state index in [1.54, 1.807) is 0 Å². The van der Waals surface area contributed by atoms with Gasteiger partial charge in [0.25, 0.3) is 0 Å². The number of benzene rings is 1. The molecule has 1 aliphatic heterocycles. The number of esters is 1. The largest absolute Gasteiger partial charge is 0.462 e. The van der Waals surface area contributed by atoms with E-state index in [0.29, 0.717) is 12.2 Å². The van der Waals surface area contributed by atoms with E-state index in [0.717, 1.165) is 23.1 Å². The summed E-state index contributed by atoms with van der Waals surface area (Å²) in [6, 6.07) is 7.95. The third kappa shape index (κ3) is 1.39. The lowest BCUT2D eigenvalue weighted by Gasteiger charge is -2.01. The first-order valence-corrected chi connectivity index (χ1v) is 5.78. The molecule has 2 aromatic rings. The molecule has 0 saturated heterocycles. The van der Waals surface area contributed by atoms with Crippen molar-refractivity contribution in [3.63, 3.8) is 0 Å². The monoisotopic (exact) mass is 227 g/mol. The van der Waals surface area contributed by atoms with Crippen LogP contribution in [0.3, 0.4) is 0 Å². The average Bonchev–Trinajstić information content (AvgIpc) is 2.88. The summed E-state index contributed by atoms with van der Waals surface area (Å²) in [5.74, 6) is -0.232. The Kier molecular flexibility index (Phi) is 2.25. The summed E-state index contributed by atoms with van der Waals surface area (Å²) in [7, 11) is 0. The van der Waals surface area contributed by atoms with Gasteiger partial charge < -0.3 is 9.30 Å². The molecular weight excluding hydrogens is 214 g/mol. The second kappa shape index (κ2) is 3.77. The molecule has 86 valence electrons. The topological polar surface area (TPSA) is 31.2 Å². The number of carbonyl (C=O) groups excluding carboxylic acids is 1. The van der Waals surface area contributed by atoms with Crippen molar-refractivity contribution in [2.45, 2.75) is 13.5 Å². The molecule has 0 aliphatic carbocycles. The van der Waals surface area contributed by atoms with Crippen molar-refractivity contribution >= 4 is 22.9 Å². The van der Waals surface area contributed by atoms with Gasteiger partial charge in [0.05, 0.1) is 17.9 Å². The molecule has 0 spiro atoms. The molecule has 2 heterocycles. The number of rotatable bonds is 2. The summed E-state index contributed by atoms with van der Waals surface area (Å²) in [6.07, 6.45) is 4.05. The Morgan fingerprint density at radius 1 is 1.41 bits per heavy atom. The summed E-state index contributed by atoms with van der Waals surface area (Å²) in [5, 5.41) is 0.977. The molecule has 1 aromatic heterocycles. The lowest BCUT2D eigenvalue weighted by atomic mass is 10.1. The Balaban J connectivity index is 2.29. The minimum atomic E-state index is -0.232. The zero-order valence-electron chi connectivity index (χ0n) is 9.64. The third-order valence-corrected chi connectivity index (χ3v) is 3.05. The smallest absolute Gasteiger partial charge is 0.340 e. The molecule has 0 saturated carbocycles. The standard InChI is InChI=1S/C14H13NO2/c1-2-17-14(16)13-10-6-3-4-7-11(10)15-9-5-8-12(13)15/h3-8H,2,9H2,1H3.